The number of aromatic nitrogens is 1. The fourth-order valence-electron chi connectivity index (χ4n) is 0.855. The number of anilines is 1. The minimum atomic E-state index is -0.904. The van der Waals surface area contributed by atoms with Gasteiger partial charge in [0.15, 0.2) is 0 Å². The zero-order chi connectivity index (χ0) is 9.84. The summed E-state index contributed by atoms with van der Waals surface area (Å²) >= 11 is 0. The van der Waals surface area contributed by atoms with E-state index in [4.69, 9.17) is 5.73 Å². The smallest absolute Gasteiger partial charge is 0.344 e. The highest BCUT2D eigenvalue weighted by Gasteiger charge is 2.16. The first-order valence-electron chi connectivity index (χ1n) is 3.74. The number of carbonyl (C=O) groups excluding carboxylic acids is 1. The Morgan fingerprint density at radius 2 is 2.46 bits per heavy atom. The van der Waals surface area contributed by atoms with Crippen LogP contribution in [0.4, 0.5) is 10.1 Å². The molecule has 0 amide bonds. The predicted molar refractivity (Wildman–Crippen MR) is 44.6 cm³/mol. The number of pyridine rings is 1. The number of hydrogen-bond acceptors (Lipinski definition) is 4. The molecule has 2 N–H and O–H groups in total. The summed E-state index contributed by atoms with van der Waals surface area (Å²) in [5, 5.41) is 0. The Bertz CT molecular complexity index is 308. The number of rotatable bonds is 2. The van der Waals surface area contributed by atoms with Crippen molar-refractivity contribution in [3.8, 4) is 0 Å². The normalized spacial score (nSPS) is 9.69. The third kappa shape index (κ3) is 1.93. The van der Waals surface area contributed by atoms with Gasteiger partial charge in [-0.25, -0.2) is 9.78 Å². The maximum atomic E-state index is 12.9. The lowest BCUT2D eigenvalue weighted by molar-refractivity contribution is 0.0521. The first kappa shape index (κ1) is 9.44. The van der Waals surface area contributed by atoms with Gasteiger partial charge in [0.25, 0.3) is 0 Å². The van der Waals surface area contributed by atoms with Gasteiger partial charge in [0, 0.05) is 6.20 Å². The second kappa shape index (κ2) is 3.84. The molecule has 0 unspecified atom stereocenters. The van der Waals surface area contributed by atoms with Crippen molar-refractivity contribution in [1.29, 1.82) is 0 Å². The van der Waals surface area contributed by atoms with Gasteiger partial charge in [0.05, 0.1) is 12.3 Å². The minimum Gasteiger partial charge on any atom is -0.462 e. The molecule has 0 aliphatic heterocycles. The molecule has 4 nitrogen and oxygen atoms in total. The van der Waals surface area contributed by atoms with Crippen molar-refractivity contribution in [3.05, 3.63) is 23.8 Å². The highest BCUT2D eigenvalue weighted by molar-refractivity contribution is 5.94. The van der Waals surface area contributed by atoms with E-state index in [-0.39, 0.29) is 17.9 Å². The number of hydrogen-bond donors (Lipinski definition) is 1. The maximum Gasteiger partial charge on any atom is 0.344 e. The molecule has 5 heteroatoms. The van der Waals surface area contributed by atoms with Crippen LogP contribution in [0.25, 0.3) is 0 Å². The van der Waals surface area contributed by atoms with Crippen LogP contribution in [0, 0.1) is 5.95 Å². The first-order chi connectivity index (χ1) is 6.16. The number of carbonyl (C=O) groups is 1. The number of ether oxygens (including phenoxy) is 1. The lowest BCUT2D eigenvalue weighted by Gasteiger charge is -2.04. The van der Waals surface area contributed by atoms with Crippen molar-refractivity contribution in [2.75, 3.05) is 12.3 Å². The van der Waals surface area contributed by atoms with Crippen LogP contribution in [0.5, 0.6) is 0 Å². The third-order valence-electron chi connectivity index (χ3n) is 1.42. The van der Waals surface area contributed by atoms with Crippen molar-refractivity contribution in [1.82, 2.24) is 4.98 Å². The molecule has 0 aromatic carbocycles. The van der Waals surface area contributed by atoms with Gasteiger partial charge in [-0.2, -0.15) is 4.39 Å². The van der Waals surface area contributed by atoms with Gasteiger partial charge in [-0.15, -0.1) is 0 Å². The third-order valence-corrected chi connectivity index (χ3v) is 1.42. The van der Waals surface area contributed by atoms with Crippen LogP contribution in [0.3, 0.4) is 0 Å². The second-order valence-electron chi connectivity index (χ2n) is 2.29. The molecule has 70 valence electrons. The highest BCUT2D eigenvalue weighted by atomic mass is 19.1. The van der Waals surface area contributed by atoms with Crippen LogP contribution in [0.1, 0.15) is 17.3 Å². The van der Waals surface area contributed by atoms with Crippen molar-refractivity contribution in [3.63, 3.8) is 0 Å². The Hall–Kier alpha value is -1.65. The molecule has 0 saturated carbocycles. The number of nitrogens with two attached hydrogens (primary N) is 1. The molecular formula is C8H9FN2O2. The topological polar surface area (TPSA) is 65.2 Å². The summed E-state index contributed by atoms with van der Waals surface area (Å²) < 4.78 is 17.5. The molecule has 1 heterocycles. The summed E-state index contributed by atoms with van der Waals surface area (Å²) in [7, 11) is 0. The SMILES string of the molecule is CCOC(=O)c1c(N)ccnc1F. The highest BCUT2D eigenvalue weighted by Crippen LogP contribution is 2.14. The standard InChI is InChI=1S/C8H9FN2O2/c1-2-13-8(12)6-5(10)3-4-11-7(6)9/h3-4H,2H2,1H3,(H2,10,11). The molecule has 0 bridgehead atoms. The van der Waals surface area contributed by atoms with Crippen LogP contribution in [0.2, 0.25) is 0 Å². The van der Waals surface area contributed by atoms with Crippen LogP contribution in [-0.4, -0.2) is 17.6 Å². The molecule has 0 spiro atoms. The van der Waals surface area contributed by atoms with E-state index in [2.05, 4.69) is 9.72 Å². The number of nitrogens with zero attached hydrogens (tertiary/aromatic N) is 1. The van der Waals surface area contributed by atoms with E-state index < -0.39 is 11.9 Å². The number of nitrogen functional groups attached to an aromatic ring is 1. The summed E-state index contributed by atoms with van der Waals surface area (Å²) in [4.78, 5) is 14.4. The number of halogens is 1. The lowest BCUT2D eigenvalue weighted by Crippen LogP contribution is -2.11. The average Bonchev–Trinajstić information content (AvgIpc) is 2.04. The van der Waals surface area contributed by atoms with E-state index in [9.17, 15) is 9.18 Å². The lowest BCUT2D eigenvalue weighted by atomic mass is 10.2. The molecule has 0 aliphatic rings. The summed E-state index contributed by atoms with van der Waals surface area (Å²) in [6.45, 7) is 1.80. The average molecular weight is 184 g/mol. The Balaban J connectivity index is 3.05. The van der Waals surface area contributed by atoms with Gasteiger partial charge >= 0.3 is 5.97 Å². The summed E-state index contributed by atoms with van der Waals surface area (Å²) in [5.41, 5.74) is 5.10. The second-order valence-corrected chi connectivity index (χ2v) is 2.29. The number of esters is 1. The Labute approximate surface area is 74.5 Å². The molecule has 0 aliphatic carbocycles. The molecule has 1 aromatic heterocycles. The molecule has 1 rings (SSSR count). The van der Waals surface area contributed by atoms with Gasteiger partial charge in [0.2, 0.25) is 5.95 Å². The van der Waals surface area contributed by atoms with Gasteiger partial charge in [-0.05, 0) is 13.0 Å². The molecule has 1 aromatic rings. The van der Waals surface area contributed by atoms with E-state index in [1.165, 1.54) is 12.3 Å². The molecule has 0 saturated heterocycles. The maximum absolute atomic E-state index is 12.9. The summed E-state index contributed by atoms with van der Waals surface area (Å²) in [6, 6.07) is 1.34. The van der Waals surface area contributed by atoms with Crippen molar-refractivity contribution in [2.24, 2.45) is 0 Å². The first-order valence-corrected chi connectivity index (χ1v) is 3.74. The quantitative estimate of drug-likeness (QED) is 0.549. The minimum absolute atomic E-state index is 0.0333. The van der Waals surface area contributed by atoms with Crippen LogP contribution >= 0.6 is 0 Å². The van der Waals surface area contributed by atoms with Gasteiger partial charge in [-0.3, -0.25) is 0 Å². The van der Waals surface area contributed by atoms with E-state index in [1.54, 1.807) is 6.92 Å². The van der Waals surface area contributed by atoms with Crippen LogP contribution in [0.15, 0.2) is 12.3 Å². The fourth-order valence-corrected chi connectivity index (χ4v) is 0.855. The van der Waals surface area contributed by atoms with Gasteiger partial charge < -0.3 is 10.5 Å². The summed E-state index contributed by atoms with van der Waals surface area (Å²) in [6.07, 6.45) is 1.19. The Kier molecular flexibility index (Phi) is 2.79. The van der Waals surface area contributed by atoms with E-state index in [0.29, 0.717) is 0 Å². The predicted octanol–water partition coefficient (Wildman–Crippen LogP) is 0.980. The Morgan fingerprint density at radius 1 is 1.77 bits per heavy atom. The summed E-state index contributed by atoms with van der Waals surface area (Å²) in [5.74, 6) is -1.69. The Morgan fingerprint density at radius 3 is 3.00 bits per heavy atom. The molecule has 0 radical (unpaired) electrons. The molecule has 0 atom stereocenters. The molecular weight excluding hydrogens is 175 g/mol. The zero-order valence-corrected chi connectivity index (χ0v) is 7.08. The van der Waals surface area contributed by atoms with Crippen molar-refractivity contribution < 1.29 is 13.9 Å². The van der Waals surface area contributed by atoms with Gasteiger partial charge in [0.1, 0.15) is 5.56 Å². The molecule has 0 fully saturated rings. The zero-order valence-electron chi connectivity index (χ0n) is 7.08. The van der Waals surface area contributed by atoms with Crippen molar-refractivity contribution >= 4 is 11.7 Å². The van der Waals surface area contributed by atoms with E-state index in [1.807, 2.05) is 0 Å². The monoisotopic (exact) mass is 184 g/mol. The van der Waals surface area contributed by atoms with E-state index in [0.717, 1.165) is 0 Å². The van der Waals surface area contributed by atoms with E-state index >= 15 is 0 Å². The van der Waals surface area contributed by atoms with Crippen LogP contribution in [-0.2, 0) is 4.74 Å². The van der Waals surface area contributed by atoms with Crippen LogP contribution < -0.4 is 5.73 Å². The largest absolute Gasteiger partial charge is 0.462 e. The fraction of sp³-hybridized carbons (Fsp3) is 0.250. The molecule has 13 heavy (non-hydrogen) atoms. The van der Waals surface area contributed by atoms with Crippen molar-refractivity contribution in [2.45, 2.75) is 6.92 Å². The van der Waals surface area contributed by atoms with Gasteiger partial charge in [-0.1, -0.05) is 0 Å².